The van der Waals surface area contributed by atoms with Crippen LogP contribution in [0.15, 0.2) is 12.5 Å². The Balaban J connectivity index is 1.65. The average molecular weight is 234 g/mol. The summed E-state index contributed by atoms with van der Waals surface area (Å²) < 4.78 is 0. The van der Waals surface area contributed by atoms with Crippen molar-refractivity contribution in [1.29, 1.82) is 0 Å². The molecule has 2 fully saturated rings. The van der Waals surface area contributed by atoms with Crippen molar-refractivity contribution in [3.05, 3.63) is 18.2 Å². The average Bonchev–Trinajstić information content (AvgIpc) is 2.83. The second-order valence-electron chi connectivity index (χ2n) is 5.48. The molecular weight excluding hydrogens is 212 g/mol. The first-order valence-corrected chi connectivity index (χ1v) is 6.78. The van der Waals surface area contributed by atoms with E-state index in [1.165, 1.54) is 44.6 Å². The fourth-order valence-corrected chi connectivity index (χ4v) is 3.22. The molecule has 2 aliphatic rings. The fraction of sp³-hybridized carbons (Fsp3) is 0.769. The van der Waals surface area contributed by atoms with E-state index in [0.29, 0.717) is 6.04 Å². The van der Waals surface area contributed by atoms with Gasteiger partial charge in [-0.05, 0) is 26.3 Å². The molecule has 94 valence electrons. The van der Waals surface area contributed by atoms with Gasteiger partial charge in [0.1, 0.15) is 0 Å². The highest BCUT2D eigenvalue weighted by molar-refractivity contribution is 4.97. The molecule has 0 saturated carbocycles. The maximum absolute atomic E-state index is 4.34. The monoisotopic (exact) mass is 234 g/mol. The van der Waals surface area contributed by atoms with Crippen LogP contribution < -0.4 is 0 Å². The van der Waals surface area contributed by atoms with Gasteiger partial charge in [-0.2, -0.15) is 0 Å². The van der Waals surface area contributed by atoms with Gasteiger partial charge >= 0.3 is 0 Å². The summed E-state index contributed by atoms with van der Waals surface area (Å²) in [4.78, 5) is 12.7. The molecule has 3 rings (SSSR count). The van der Waals surface area contributed by atoms with E-state index >= 15 is 0 Å². The highest BCUT2D eigenvalue weighted by Gasteiger charge is 2.32. The van der Waals surface area contributed by atoms with Crippen molar-refractivity contribution < 1.29 is 0 Å². The third-order valence-electron chi connectivity index (χ3n) is 4.24. The molecule has 4 heteroatoms. The molecule has 2 unspecified atom stereocenters. The molecule has 0 spiro atoms. The number of imidazole rings is 1. The van der Waals surface area contributed by atoms with Gasteiger partial charge in [-0.1, -0.05) is 6.42 Å². The number of hydrogen-bond acceptors (Lipinski definition) is 3. The molecule has 0 aromatic carbocycles. The number of aromatic nitrogens is 2. The summed E-state index contributed by atoms with van der Waals surface area (Å²) in [6.07, 6.45) is 7.97. The standard InChI is InChI=1S/C13H22N4/c1-11-7-16-5-3-2-4-13(16)9-17(11)8-12-6-14-10-15-12/h6,10-11,13H,2-5,7-9H2,1H3,(H,14,15). The third kappa shape index (κ3) is 2.38. The number of rotatable bonds is 2. The van der Waals surface area contributed by atoms with Crippen molar-refractivity contribution in [2.24, 2.45) is 0 Å². The van der Waals surface area contributed by atoms with Crippen LogP contribution in [0.25, 0.3) is 0 Å². The van der Waals surface area contributed by atoms with Crippen LogP contribution in [0.3, 0.4) is 0 Å². The molecule has 2 saturated heterocycles. The Bertz CT molecular complexity index is 348. The number of aromatic amines is 1. The van der Waals surface area contributed by atoms with Crippen LogP contribution >= 0.6 is 0 Å². The SMILES string of the molecule is CC1CN2CCCCC2CN1Cc1c[nH]cn1. The molecule has 2 aliphatic heterocycles. The molecule has 0 bridgehead atoms. The lowest BCUT2D eigenvalue weighted by atomic mass is 9.97. The third-order valence-corrected chi connectivity index (χ3v) is 4.24. The lowest BCUT2D eigenvalue weighted by Gasteiger charge is -2.47. The molecule has 1 N–H and O–H groups in total. The predicted octanol–water partition coefficient (Wildman–Crippen LogP) is 1.47. The second-order valence-corrected chi connectivity index (χ2v) is 5.48. The highest BCUT2D eigenvalue weighted by Crippen LogP contribution is 2.24. The number of hydrogen-bond donors (Lipinski definition) is 1. The minimum Gasteiger partial charge on any atom is -0.351 e. The van der Waals surface area contributed by atoms with Crippen LogP contribution in [0.5, 0.6) is 0 Å². The van der Waals surface area contributed by atoms with Crippen LogP contribution in [0.4, 0.5) is 0 Å². The summed E-state index contributed by atoms with van der Waals surface area (Å²) in [5, 5.41) is 0. The lowest BCUT2D eigenvalue weighted by Crippen LogP contribution is -2.58. The lowest BCUT2D eigenvalue weighted by molar-refractivity contribution is 0.0105. The smallest absolute Gasteiger partial charge is 0.0923 e. The highest BCUT2D eigenvalue weighted by atomic mass is 15.3. The summed E-state index contributed by atoms with van der Waals surface area (Å²) in [6.45, 7) is 7.10. The van der Waals surface area contributed by atoms with E-state index in [-0.39, 0.29) is 0 Å². The van der Waals surface area contributed by atoms with Crippen LogP contribution in [0.1, 0.15) is 31.9 Å². The number of H-pyrrole nitrogens is 1. The van der Waals surface area contributed by atoms with Crippen LogP contribution in [0.2, 0.25) is 0 Å². The zero-order chi connectivity index (χ0) is 11.7. The summed E-state index contributed by atoms with van der Waals surface area (Å²) in [6, 6.07) is 1.44. The molecular formula is C13H22N4. The van der Waals surface area contributed by atoms with Gasteiger partial charge in [0.05, 0.1) is 12.0 Å². The van der Waals surface area contributed by atoms with Crippen LogP contribution in [-0.4, -0.2) is 51.5 Å². The Morgan fingerprint density at radius 2 is 2.35 bits per heavy atom. The molecule has 0 radical (unpaired) electrons. The van der Waals surface area contributed by atoms with E-state index in [4.69, 9.17) is 0 Å². The van der Waals surface area contributed by atoms with Gasteiger partial charge in [0.2, 0.25) is 0 Å². The van der Waals surface area contributed by atoms with E-state index in [1.54, 1.807) is 6.33 Å². The summed E-state index contributed by atoms with van der Waals surface area (Å²) >= 11 is 0. The van der Waals surface area contributed by atoms with Gasteiger partial charge in [-0.25, -0.2) is 4.98 Å². The summed E-state index contributed by atoms with van der Waals surface area (Å²) in [5.41, 5.74) is 1.17. The first-order chi connectivity index (χ1) is 8.33. The van der Waals surface area contributed by atoms with Crippen LogP contribution in [0, 0.1) is 0 Å². The number of fused-ring (bicyclic) bond motifs is 1. The molecule has 3 heterocycles. The maximum Gasteiger partial charge on any atom is 0.0923 e. The first kappa shape index (κ1) is 11.2. The van der Waals surface area contributed by atoms with E-state index in [9.17, 15) is 0 Å². The Labute approximate surface area is 103 Å². The first-order valence-electron chi connectivity index (χ1n) is 6.78. The Hall–Kier alpha value is -0.870. The molecule has 4 nitrogen and oxygen atoms in total. The normalized spacial score (nSPS) is 31.4. The van der Waals surface area contributed by atoms with Gasteiger partial charge in [0.25, 0.3) is 0 Å². The molecule has 0 aliphatic carbocycles. The van der Waals surface area contributed by atoms with Gasteiger partial charge in [0, 0.05) is 37.9 Å². The van der Waals surface area contributed by atoms with Crippen molar-refractivity contribution >= 4 is 0 Å². The van der Waals surface area contributed by atoms with Crippen molar-refractivity contribution in [2.45, 2.75) is 44.8 Å². The summed E-state index contributed by atoms with van der Waals surface area (Å²) in [5.74, 6) is 0. The fourth-order valence-electron chi connectivity index (χ4n) is 3.22. The second kappa shape index (κ2) is 4.78. The van der Waals surface area contributed by atoms with E-state index in [1.807, 2.05) is 6.20 Å². The van der Waals surface area contributed by atoms with Gasteiger partial charge in [-0.15, -0.1) is 0 Å². The van der Waals surface area contributed by atoms with Gasteiger partial charge in [0.15, 0.2) is 0 Å². The van der Waals surface area contributed by atoms with Crippen LogP contribution in [-0.2, 0) is 6.54 Å². The van der Waals surface area contributed by atoms with Crippen molar-refractivity contribution in [1.82, 2.24) is 19.8 Å². The Kier molecular flexibility index (Phi) is 3.16. The molecule has 1 aromatic rings. The topological polar surface area (TPSA) is 35.2 Å². The number of piperazine rings is 1. The zero-order valence-electron chi connectivity index (χ0n) is 10.6. The van der Waals surface area contributed by atoms with Crippen molar-refractivity contribution in [3.8, 4) is 0 Å². The Morgan fingerprint density at radius 3 is 3.18 bits per heavy atom. The molecule has 2 atom stereocenters. The van der Waals surface area contributed by atoms with Gasteiger partial charge in [-0.3, -0.25) is 9.80 Å². The zero-order valence-corrected chi connectivity index (χ0v) is 10.6. The minimum atomic E-state index is 0.654. The minimum absolute atomic E-state index is 0.654. The van der Waals surface area contributed by atoms with Gasteiger partial charge < -0.3 is 4.98 Å². The van der Waals surface area contributed by atoms with E-state index < -0.39 is 0 Å². The predicted molar refractivity (Wildman–Crippen MR) is 67.7 cm³/mol. The van der Waals surface area contributed by atoms with E-state index in [2.05, 4.69) is 26.7 Å². The quantitative estimate of drug-likeness (QED) is 0.841. The molecule has 1 aromatic heterocycles. The molecule has 17 heavy (non-hydrogen) atoms. The Morgan fingerprint density at radius 1 is 1.41 bits per heavy atom. The number of nitrogens with one attached hydrogen (secondary N) is 1. The summed E-state index contributed by atoms with van der Waals surface area (Å²) in [7, 11) is 0. The number of piperidine rings is 1. The number of nitrogens with zero attached hydrogens (tertiary/aromatic N) is 3. The molecule has 0 amide bonds. The maximum atomic E-state index is 4.34. The van der Waals surface area contributed by atoms with Crippen molar-refractivity contribution in [3.63, 3.8) is 0 Å². The van der Waals surface area contributed by atoms with E-state index in [0.717, 1.165) is 12.6 Å². The largest absolute Gasteiger partial charge is 0.351 e. The van der Waals surface area contributed by atoms with Crippen molar-refractivity contribution in [2.75, 3.05) is 19.6 Å².